The van der Waals surface area contributed by atoms with Crippen LogP contribution in [-0.2, 0) is 16.1 Å². The lowest BCUT2D eigenvalue weighted by Gasteiger charge is -2.41. The molecule has 0 radical (unpaired) electrons. The molecule has 8 rings (SSSR count). The van der Waals surface area contributed by atoms with Crippen molar-refractivity contribution in [2.24, 2.45) is 0 Å². The summed E-state index contributed by atoms with van der Waals surface area (Å²) in [5.41, 5.74) is 20.6. The molecule has 0 bridgehead atoms. The molecule has 4 aromatic heterocycles. The molecule has 6 N–H and O–H groups in total. The zero-order valence-corrected chi connectivity index (χ0v) is 32.8. The van der Waals surface area contributed by atoms with E-state index in [1.54, 1.807) is 19.2 Å². The van der Waals surface area contributed by atoms with Gasteiger partial charge in [-0.3, -0.25) is 0 Å². The summed E-state index contributed by atoms with van der Waals surface area (Å²) in [6.45, 7) is 7.93. The molecule has 0 aliphatic heterocycles. The van der Waals surface area contributed by atoms with Crippen molar-refractivity contribution in [2.45, 2.75) is 84.3 Å². The van der Waals surface area contributed by atoms with Gasteiger partial charge in [0.15, 0.2) is 5.82 Å². The summed E-state index contributed by atoms with van der Waals surface area (Å²) < 4.78 is 11.9. The molecule has 2 saturated carbocycles. The van der Waals surface area contributed by atoms with Gasteiger partial charge in [0.1, 0.15) is 58.7 Å². The van der Waals surface area contributed by atoms with E-state index >= 15 is 0 Å². The fraction of sp³-hybridized carbons (Fsp3) is 0.381. The molecule has 2 aliphatic rings. The first-order valence-corrected chi connectivity index (χ1v) is 18.9. The van der Waals surface area contributed by atoms with Gasteiger partial charge in [-0.1, -0.05) is 12.1 Å². The van der Waals surface area contributed by atoms with Crippen molar-refractivity contribution in [1.29, 1.82) is 0 Å². The SMILES string of the molecule is COC1CC(N(C)c2cc3c(N)nc(COC4CC(N(C)c5cc6c(N)ncnc6c(-c6c(C)ccc(O)c6C)n5)C4)nc3c(-c3c(C)ccc(O)c3C)n2)C1. The van der Waals surface area contributed by atoms with Crippen LogP contribution in [-0.4, -0.2) is 85.6 Å². The molecule has 2 aromatic carbocycles. The van der Waals surface area contributed by atoms with Crippen LogP contribution in [0.25, 0.3) is 44.3 Å². The zero-order valence-electron chi connectivity index (χ0n) is 32.8. The van der Waals surface area contributed by atoms with Crippen LogP contribution in [0.2, 0.25) is 0 Å². The number of pyridine rings is 2. The third-order valence-electron chi connectivity index (χ3n) is 11.9. The van der Waals surface area contributed by atoms with Crippen molar-refractivity contribution in [3.8, 4) is 34.0 Å². The average Bonchev–Trinajstić information content (AvgIpc) is 3.14. The fourth-order valence-corrected chi connectivity index (χ4v) is 8.03. The second kappa shape index (κ2) is 14.3. The zero-order chi connectivity index (χ0) is 39.6. The first kappa shape index (κ1) is 37.1. The summed E-state index contributed by atoms with van der Waals surface area (Å²) in [6.07, 6.45) is 4.99. The Hall–Kier alpha value is -5.86. The molecule has 0 spiro atoms. The monoisotopic (exact) mass is 756 g/mol. The number of rotatable bonds is 10. The van der Waals surface area contributed by atoms with E-state index in [-0.39, 0.29) is 42.4 Å². The van der Waals surface area contributed by atoms with Crippen molar-refractivity contribution < 1.29 is 19.7 Å². The highest BCUT2D eigenvalue weighted by Gasteiger charge is 2.35. The van der Waals surface area contributed by atoms with Gasteiger partial charge in [-0.25, -0.2) is 29.9 Å². The van der Waals surface area contributed by atoms with Gasteiger partial charge >= 0.3 is 0 Å². The average molecular weight is 757 g/mol. The van der Waals surface area contributed by atoms with Crippen molar-refractivity contribution >= 4 is 45.1 Å². The van der Waals surface area contributed by atoms with Crippen molar-refractivity contribution in [1.82, 2.24) is 29.9 Å². The number of methoxy groups -OCH3 is 1. The van der Waals surface area contributed by atoms with Crippen LogP contribution in [0.3, 0.4) is 0 Å². The number of benzene rings is 2. The van der Waals surface area contributed by atoms with Crippen LogP contribution in [0, 0.1) is 27.7 Å². The number of aromatic nitrogens is 6. The van der Waals surface area contributed by atoms with Crippen LogP contribution in [0.1, 0.15) is 53.8 Å². The van der Waals surface area contributed by atoms with Crippen LogP contribution < -0.4 is 21.3 Å². The van der Waals surface area contributed by atoms with Gasteiger partial charge in [-0.05, 0) is 88.8 Å². The lowest BCUT2D eigenvalue weighted by atomic mass is 9.88. The number of aryl methyl sites for hydroxylation is 2. The Morgan fingerprint density at radius 2 is 1.20 bits per heavy atom. The summed E-state index contributed by atoms with van der Waals surface area (Å²) in [7, 11) is 5.80. The summed E-state index contributed by atoms with van der Waals surface area (Å²) >= 11 is 0. The quantitative estimate of drug-likeness (QED) is 0.122. The second-order valence-electron chi connectivity index (χ2n) is 15.3. The summed E-state index contributed by atoms with van der Waals surface area (Å²) in [5.74, 6) is 3.03. The Balaban J connectivity index is 1.04. The predicted octanol–water partition coefficient (Wildman–Crippen LogP) is 6.30. The normalized spacial score (nSPS) is 19.2. The molecule has 6 aromatic rings. The van der Waals surface area contributed by atoms with Crippen LogP contribution in [0.5, 0.6) is 11.5 Å². The third kappa shape index (κ3) is 6.41. The molecule has 0 atom stereocenters. The molecular formula is C42H48N10O4. The van der Waals surface area contributed by atoms with Gasteiger partial charge in [-0.15, -0.1) is 0 Å². The number of fused-ring (bicyclic) bond motifs is 2. The van der Waals surface area contributed by atoms with Crippen molar-refractivity contribution in [3.63, 3.8) is 0 Å². The summed E-state index contributed by atoms with van der Waals surface area (Å²) in [5, 5.41) is 22.7. The number of anilines is 4. The minimum atomic E-state index is -0.0329. The Labute approximate surface area is 325 Å². The number of hydrogen-bond donors (Lipinski definition) is 4. The van der Waals surface area contributed by atoms with E-state index in [2.05, 4.69) is 19.8 Å². The van der Waals surface area contributed by atoms with E-state index < -0.39 is 0 Å². The number of nitrogen functional groups attached to an aromatic ring is 2. The van der Waals surface area contributed by atoms with E-state index in [1.165, 1.54) is 6.33 Å². The molecule has 4 heterocycles. The lowest BCUT2D eigenvalue weighted by Crippen LogP contribution is -2.46. The van der Waals surface area contributed by atoms with E-state index in [9.17, 15) is 10.2 Å². The molecular weight excluding hydrogens is 709 g/mol. The molecule has 290 valence electrons. The van der Waals surface area contributed by atoms with Crippen LogP contribution in [0.4, 0.5) is 23.3 Å². The molecule has 2 fully saturated rings. The highest BCUT2D eigenvalue weighted by molar-refractivity contribution is 6.01. The minimum absolute atomic E-state index is 0.0329. The number of nitrogens with two attached hydrogens (primary N) is 2. The number of phenolic OH excluding ortho intramolecular Hbond substituents is 2. The Bertz CT molecular complexity index is 2500. The van der Waals surface area contributed by atoms with E-state index in [1.807, 2.05) is 66.1 Å². The van der Waals surface area contributed by atoms with Gasteiger partial charge in [0.25, 0.3) is 0 Å². The largest absolute Gasteiger partial charge is 0.508 e. The number of aromatic hydroxyl groups is 2. The number of nitrogens with zero attached hydrogens (tertiary/aromatic N) is 8. The number of ether oxygens (including phenoxy) is 2. The standard InChI is InChI=1S/C42H48N10O4/c1-20-8-10-30(53)22(3)35(20)39-37-28(41(43)46-19-45-37)16-33(49-39)52(6)25-14-27(15-25)56-18-32-47-38-29(42(44)48-32)17-34(51(5)24-12-26(13-24)55-7)50-40(38)36-21(2)9-11-31(54)23(36)4/h8-11,16-17,19,24-27,53-54H,12-15,18H2,1-7H3,(H2,43,45,46)(H2,44,47,48). The first-order chi connectivity index (χ1) is 26.8. The molecule has 14 heteroatoms. The van der Waals surface area contributed by atoms with Gasteiger partial charge in [0.05, 0.1) is 23.6 Å². The predicted molar refractivity (Wildman–Crippen MR) is 219 cm³/mol. The van der Waals surface area contributed by atoms with Gasteiger partial charge in [0, 0.05) is 66.3 Å². The topological polar surface area (TPSA) is 195 Å². The lowest BCUT2D eigenvalue weighted by molar-refractivity contribution is -0.0224. The molecule has 0 amide bonds. The highest BCUT2D eigenvalue weighted by atomic mass is 16.5. The molecule has 56 heavy (non-hydrogen) atoms. The third-order valence-corrected chi connectivity index (χ3v) is 11.9. The fourth-order valence-electron chi connectivity index (χ4n) is 8.03. The first-order valence-electron chi connectivity index (χ1n) is 18.9. The molecule has 14 nitrogen and oxygen atoms in total. The maximum Gasteiger partial charge on any atom is 0.157 e. The molecule has 0 unspecified atom stereocenters. The van der Waals surface area contributed by atoms with Crippen LogP contribution in [0.15, 0.2) is 42.7 Å². The van der Waals surface area contributed by atoms with Gasteiger partial charge in [-0.2, -0.15) is 0 Å². The van der Waals surface area contributed by atoms with Crippen LogP contribution >= 0.6 is 0 Å². The number of hydrogen-bond acceptors (Lipinski definition) is 14. The van der Waals surface area contributed by atoms with E-state index in [4.69, 9.17) is 40.9 Å². The maximum atomic E-state index is 10.7. The highest BCUT2D eigenvalue weighted by Crippen LogP contribution is 2.41. The van der Waals surface area contributed by atoms with Crippen molar-refractivity contribution in [3.05, 3.63) is 70.8 Å². The Morgan fingerprint density at radius 3 is 1.75 bits per heavy atom. The van der Waals surface area contributed by atoms with E-state index in [0.717, 1.165) is 70.7 Å². The smallest absolute Gasteiger partial charge is 0.157 e. The van der Waals surface area contributed by atoms with Crippen molar-refractivity contribution in [2.75, 3.05) is 42.5 Å². The molecule has 0 saturated heterocycles. The second-order valence-corrected chi connectivity index (χ2v) is 15.3. The summed E-state index contributed by atoms with van der Waals surface area (Å²) in [6, 6.07) is 11.5. The van der Waals surface area contributed by atoms with Gasteiger partial charge < -0.3 is 41.0 Å². The minimum Gasteiger partial charge on any atom is -0.508 e. The Kier molecular flexibility index (Phi) is 9.49. The number of phenols is 2. The maximum absolute atomic E-state index is 10.7. The molecule has 2 aliphatic carbocycles. The van der Waals surface area contributed by atoms with E-state index in [0.29, 0.717) is 50.7 Å². The van der Waals surface area contributed by atoms with Gasteiger partial charge in [0.2, 0.25) is 0 Å². The summed E-state index contributed by atoms with van der Waals surface area (Å²) in [4.78, 5) is 33.0. The Morgan fingerprint density at radius 1 is 0.679 bits per heavy atom.